The minimum atomic E-state index is -0.449. The molecule has 3 rings (SSSR count). The van der Waals surface area contributed by atoms with Crippen molar-refractivity contribution in [2.75, 3.05) is 44.6 Å². The number of nitrogens with zero attached hydrogens (tertiary/aromatic N) is 4. The van der Waals surface area contributed by atoms with Crippen molar-refractivity contribution in [3.63, 3.8) is 0 Å². The number of hydrogen-bond acceptors (Lipinski definition) is 9. The largest absolute Gasteiger partial charge is 0.392 e. The van der Waals surface area contributed by atoms with Gasteiger partial charge in [-0.2, -0.15) is 0 Å². The number of hydrogen-bond donors (Lipinski definition) is 4. The molecule has 0 aliphatic heterocycles. The predicted octanol–water partition coefficient (Wildman–Crippen LogP) is 11.5. The molecule has 10 heteroatoms. The van der Waals surface area contributed by atoms with E-state index < -0.39 is 6.10 Å². The second kappa shape index (κ2) is 31.6. The maximum absolute atomic E-state index is 13.2. The number of carbonyl (C=O) groups excluding carboxylic acids is 1. The van der Waals surface area contributed by atoms with E-state index >= 15 is 0 Å². The summed E-state index contributed by atoms with van der Waals surface area (Å²) in [5.41, 5.74) is 1.66. The molecule has 2 heterocycles. The minimum absolute atomic E-state index is 0.0282. The van der Waals surface area contributed by atoms with Gasteiger partial charge in [-0.3, -0.25) is 9.69 Å². The third-order valence-electron chi connectivity index (χ3n) is 11.6. The summed E-state index contributed by atoms with van der Waals surface area (Å²) in [4.78, 5) is 27.5. The van der Waals surface area contributed by atoms with E-state index in [9.17, 15) is 20.1 Å². The normalized spacial score (nSPS) is 13.6. The van der Waals surface area contributed by atoms with E-state index in [2.05, 4.69) is 42.0 Å². The second-order valence-corrected chi connectivity index (χ2v) is 18.6. The fourth-order valence-corrected chi connectivity index (χ4v) is 9.49. The lowest BCUT2D eigenvalue weighted by atomic mass is 10.1. The number of amides is 1. The summed E-state index contributed by atoms with van der Waals surface area (Å²) in [5, 5.41) is 37.5. The van der Waals surface area contributed by atoms with Gasteiger partial charge in [0, 0.05) is 31.4 Å². The van der Waals surface area contributed by atoms with Gasteiger partial charge in [0.15, 0.2) is 5.82 Å². The lowest BCUT2D eigenvalue weighted by molar-refractivity contribution is -0.116. The van der Waals surface area contributed by atoms with Crippen LogP contribution in [-0.2, 0) is 11.2 Å². The van der Waals surface area contributed by atoms with E-state index in [4.69, 9.17) is 9.97 Å². The Kier molecular flexibility index (Phi) is 27.4. The van der Waals surface area contributed by atoms with Crippen LogP contribution < -0.4 is 5.32 Å². The second-order valence-electron chi connectivity index (χ2n) is 17.5. The number of rotatable bonds is 37. The molecule has 0 radical (unpaired) electrons. The number of benzene rings is 1. The number of unbranched alkanes of at least 4 members (excludes halogenated alkanes) is 16. The highest BCUT2D eigenvalue weighted by atomic mass is 32.1. The molecule has 4 N–H and O–H groups in total. The average Bonchev–Trinajstić information content (AvgIpc) is 3.64. The highest BCUT2D eigenvalue weighted by Crippen LogP contribution is 2.34. The Balaban J connectivity index is 1.48. The van der Waals surface area contributed by atoms with Gasteiger partial charge in [0.05, 0.1) is 33.5 Å². The summed E-state index contributed by atoms with van der Waals surface area (Å²) in [6.07, 6.45) is 26.5. The van der Waals surface area contributed by atoms with Crippen LogP contribution >= 0.6 is 11.3 Å². The van der Waals surface area contributed by atoms with Gasteiger partial charge in [-0.05, 0) is 77.6 Å². The van der Waals surface area contributed by atoms with E-state index in [1.165, 1.54) is 89.9 Å². The molecule has 0 saturated carbocycles. The van der Waals surface area contributed by atoms with Crippen LogP contribution in [-0.4, -0.2) is 98.6 Å². The van der Waals surface area contributed by atoms with Crippen LogP contribution in [0.4, 0.5) is 5.82 Å². The van der Waals surface area contributed by atoms with Crippen LogP contribution in [0.25, 0.3) is 21.1 Å². The summed E-state index contributed by atoms with van der Waals surface area (Å²) in [5.74, 6) is 0.531. The van der Waals surface area contributed by atoms with Crippen LogP contribution in [0.15, 0.2) is 24.3 Å². The Bertz CT molecular complexity index is 1520. The number of fused-ring (bicyclic) bond motifs is 3. The number of aliphatic hydroxyl groups excluding tert-OH is 3. The Hall–Kier alpha value is -2.21. The summed E-state index contributed by atoms with van der Waals surface area (Å²) in [7, 11) is 0. The quantitative estimate of drug-likeness (QED) is 0.0424. The molecular weight excluding hydrogens is 755 g/mol. The fraction of sp³-hybridized carbons (Fsp3) is 0.776. The van der Waals surface area contributed by atoms with Crippen LogP contribution in [0.3, 0.4) is 0 Å². The molecule has 0 bridgehead atoms. The number of para-hydroxylation sites is 1. The fourth-order valence-electron chi connectivity index (χ4n) is 8.29. The standard InChI is InChI=1S/C49H85N5O4S/c1-5-8-10-12-14-16-18-21-29-41(56)38-53(35-27-36-54(37-40(4)55)39-42(57)30-22-19-17-15-13-11-9-6-2)34-26-20-23-33-45(58)51-49-47-48(59-46(52-47)28-7-3)43-31-24-25-32-44(43)50-49/h24-25,31-32,40-42,55-57H,5-23,26-30,33-39H2,1-4H3,(H,50,51,58). The molecule has 1 aromatic carbocycles. The molecule has 59 heavy (non-hydrogen) atoms. The Morgan fingerprint density at radius 3 is 1.80 bits per heavy atom. The lowest BCUT2D eigenvalue weighted by Crippen LogP contribution is -2.40. The van der Waals surface area contributed by atoms with Crippen molar-refractivity contribution < 1.29 is 20.1 Å². The molecule has 2 aromatic heterocycles. The van der Waals surface area contributed by atoms with Crippen molar-refractivity contribution >= 4 is 44.2 Å². The highest BCUT2D eigenvalue weighted by molar-refractivity contribution is 7.19. The zero-order valence-electron chi connectivity index (χ0n) is 37.9. The first-order chi connectivity index (χ1) is 28.7. The SMILES string of the molecule is CCCCCCCCCCC(O)CN(CCCCCC(=O)Nc1nc2ccccc2c2sc(CCC)nc12)CCCN(CC(C)O)CC(O)CCCCCCCCCC. The first-order valence-corrected chi connectivity index (χ1v) is 25.0. The van der Waals surface area contributed by atoms with E-state index in [0.29, 0.717) is 31.9 Å². The predicted molar refractivity (Wildman–Crippen MR) is 252 cm³/mol. The number of carbonyl (C=O) groups is 1. The molecule has 336 valence electrons. The molecule has 1 amide bonds. The monoisotopic (exact) mass is 840 g/mol. The van der Waals surface area contributed by atoms with Crippen LogP contribution in [0.5, 0.6) is 0 Å². The molecule has 3 atom stereocenters. The maximum Gasteiger partial charge on any atom is 0.225 e. The minimum Gasteiger partial charge on any atom is -0.392 e. The summed E-state index contributed by atoms with van der Waals surface area (Å²) in [6, 6.07) is 8.08. The van der Waals surface area contributed by atoms with Crippen molar-refractivity contribution in [1.29, 1.82) is 0 Å². The molecule has 0 aliphatic carbocycles. The van der Waals surface area contributed by atoms with Gasteiger partial charge in [-0.25, -0.2) is 9.97 Å². The zero-order valence-corrected chi connectivity index (χ0v) is 38.7. The van der Waals surface area contributed by atoms with Crippen LogP contribution in [0.1, 0.15) is 187 Å². The maximum atomic E-state index is 13.2. The number of anilines is 1. The molecule has 0 spiro atoms. The van der Waals surface area contributed by atoms with Gasteiger partial charge in [0.2, 0.25) is 5.91 Å². The first-order valence-electron chi connectivity index (χ1n) is 24.2. The van der Waals surface area contributed by atoms with Crippen molar-refractivity contribution in [3.8, 4) is 0 Å². The molecule has 9 nitrogen and oxygen atoms in total. The van der Waals surface area contributed by atoms with Crippen molar-refractivity contribution in [1.82, 2.24) is 19.8 Å². The van der Waals surface area contributed by atoms with Gasteiger partial charge in [-0.1, -0.05) is 148 Å². The third kappa shape index (κ3) is 21.9. The Labute approximate surface area is 363 Å². The van der Waals surface area contributed by atoms with Crippen LogP contribution in [0, 0.1) is 0 Å². The van der Waals surface area contributed by atoms with Gasteiger partial charge < -0.3 is 25.5 Å². The molecular formula is C49H85N5O4S. The number of thiazole rings is 1. The van der Waals surface area contributed by atoms with E-state index in [1.54, 1.807) is 11.3 Å². The summed E-state index contributed by atoms with van der Waals surface area (Å²) in [6.45, 7) is 12.8. The van der Waals surface area contributed by atoms with E-state index in [-0.39, 0.29) is 18.1 Å². The van der Waals surface area contributed by atoms with Gasteiger partial charge in [-0.15, -0.1) is 11.3 Å². The Morgan fingerprint density at radius 2 is 1.19 bits per heavy atom. The first kappa shape index (κ1) is 51.1. The number of aromatic nitrogens is 2. The zero-order chi connectivity index (χ0) is 42.5. The molecule has 0 saturated heterocycles. The average molecular weight is 840 g/mol. The van der Waals surface area contributed by atoms with E-state index in [0.717, 1.165) is 110 Å². The van der Waals surface area contributed by atoms with Crippen LogP contribution in [0.2, 0.25) is 0 Å². The number of nitrogens with one attached hydrogen (secondary N) is 1. The van der Waals surface area contributed by atoms with Crippen molar-refractivity contribution in [2.24, 2.45) is 0 Å². The van der Waals surface area contributed by atoms with E-state index in [1.807, 2.05) is 25.1 Å². The summed E-state index contributed by atoms with van der Waals surface area (Å²) >= 11 is 1.70. The van der Waals surface area contributed by atoms with Gasteiger partial charge in [0.1, 0.15) is 5.52 Å². The number of aliphatic hydroxyl groups is 3. The smallest absolute Gasteiger partial charge is 0.225 e. The lowest BCUT2D eigenvalue weighted by Gasteiger charge is -2.29. The van der Waals surface area contributed by atoms with Crippen molar-refractivity contribution in [3.05, 3.63) is 29.3 Å². The third-order valence-corrected chi connectivity index (χ3v) is 12.7. The van der Waals surface area contributed by atoms with Gasteiger partial charge >= 0.3 is 0 Å². The molecule has 0 fully saturated rings. The van der Waals surface area contributed by atoms with Gasteiger partial charge in [0.25, 0.3) is 0 Å². The number of pyridine rings is 1. The number of aryl methyl sites for hydroxylation is 1. The molecule has 3 aromatic rings. The van der Waals surface area contributed by atoms with Crippen molar-refractivity contribution in [2.45, 2.75) is 207 Å². The molecule has 0 aliphatic rings. The topological polar surface area (TPSA) is 122 Å². The Morgan fingerprint density at radius 1 is 0.644 bits per heavy atom. The molecule has 3 unspecified atom stereocenters. The summed E-state index contributed by atoms with van der Waals surface area (Å²) < 4.78 is 1.09. The highest BCUT2D eigenvalue weighted by Gasteiger charge is 2.18.